The highest BCUT2D eigenvalue weighted by molar-refractivity contribution is 6.31. The summed E-state index contributed by atoms with van der Waals surface area (Å²) in [5.41, 5.74) is -0.245. The molecule has 0 aromatic heterocycles. The zero-order chi connectivity index (χ0) is 14.2. The lowest BCUT2D eigenvalue weighted by molar-refractivity contribution is 0.0691. The molecule has 0 atom stereocenters. The Balaban J connectivity index is 2.29. The molecule has 1 saturated heterocycles. The fraction of sp³-hybridized carbons (Fsp3) is 0.500. The summed E-state index contributed by atoms with van der Waals surface area (Å²) in [7, 11) is 0. The molecule has 0 saturated carbocycles. The van der Waals surface area contributed by atoms with Crippen LogP contribution >= 0.6 is 11.6 Å². The van der Waals surface area contributed by atoms with Gasteiger partial charge >= 0.3 is 0 Å². The van der Waals surface area contributed by atoms with Crippen LogP contribution in [0.3, 0.4) is 0 Å². The van der Waals surface area contributed by atoms with E-state index in [2.05, 4.69) is 6.92 Å². The second kappa shape index (κ2) is 5.45. The van der Waals surface area contributed by atoms with Crippen molar-refractivity contribution in [3.05, 3.63) is 33.9 Å². The maximum absolute atomic E-state index is 13.8. The maximum atomic E-state index is 13.8. The number of rotatable bonds is 1. The molecule has 2 nitrogen and oxygen atoms in total. The predicted molar refractivity (Wildman–Crippen MR) is 70.4 cm³/mol. The summed E-state index contributed by atoms with van der Waals surface area (Å²) in [6, 6.07) is 1.22. The number of hydrogen-bond acceptors (Lipinski definition) is 1. The molecule has 0 bridgehead atoms. The minimum absolute atomic E-state index is 0.0305. The summed E-state index contributed by atoms with van der Waals surface area (Å²) >= 11 is 5.82. The number of halogens is 3. The molecule has 5 heteroatoms. The van der Waals surface area contributed by atoms with Gasteiger partial charge in [0, 0.05) is 23.7 Å². The van der Waals surface area contributed by atoms with Crippen LogP contribution in [0.15, 0.2) is 6.07 Å². The van der Waals surface area contributed by atoms with Crippen LogP contribution < -0.4 is 0 Å². The van der Waals surface area contributed by atoms with Crippen LogP contribution in [-0.2, 0) is 0 Å². The van der Waals surface area contributed by atoms with Gasteiger partial charge < -0.3 is 4.90 Å². The largest absolute Gasteiger partial charge is 0.339 e. The third-order valence-electron chi connectivity index (χ3n) is 3.69. The molecule has 1 heterocycles. The number of hydrogen-bond donors (Lipinski definition) is 0. The van der Waals surface area contributed by atoms with E-state index in [9.17, 15) is 13.6 Å². The standard InChI is InChI=1S/C14H16ClF2NO/c1-8-3-5-18(6-4-8)14(19)10-7-11(15)9(2)12(16)13(10)17/h7-8H,3-6H2,1-2H3. The van der Waals surface area contributed by atoms with E-state index < -0.39 is 17.5 Å². The number of nitrogens with zero attached hydrogens (tertiary/aromatic N) is 1. The van der Waals surface area contributed by atoms with E-state index in [0.717, 1.165) is 12.8 Å². The first-order valence-electron chi connectivity index (χ1n) is 6.35. The van der Waals surface area contributed by atoms with Gasteiger partial charge in [-0.15, -0.1) is 0 Å². The van der Waals surface area contributed by atoms with Crippen molar-refractivity contribution in [2.75, 3.05) is 13.1 Å². The quantitative estimate of drug-likeness (QED) is 0.720. The van der Waals surface area contributed by atoms with Crippen molar-refractivity contribution in [3.63, 3.8) is 0 Å². The second-order valence-electron chi connectivity index (χ2n) is 5.13. The van der Waals surface area contributed by atoms with Crippen LogP contribution in [0.25, 0.3) is 0 Å². The molecule has 0 aliphatic carbocycles. The molecular weight excluding hydrogens is 272 g/mol. The molecule has 1 amide bonds. The molecule has 19 heavy (non-hydrogen) atoms. The fourth-order valence-corrected chi connectivity index (χ4v) is 2.42. The van der Waals surface area contributed by atoms with E-state index in [1.54, 1.807) is 4.90 Å². The fourth-order valence-electron chi connectivity index (χ4n) is 2.22. The van der Waals surface area contributed by atoms with Gasteiger partial charge in [0.1, 0.15) is 0 Å². The van der Waals surface area contributed by atoms with E-state index >= 15 is 0 Å². The predicted octanol–water partition coefficient (Wildman–Crippen LogP) is 3.80. The summed E-state index contributed by atoms with van der Waals surface area (Å²) in [4.78, 5) is 13.8. The van der Waals surface area contributed by atoms with Gasteiger partial charge in [0.25, 0.3) is 5.91 Å². The Kier molecular flexibility index (Phi) is 4.09. The molecule has 0 spiro atoms. The van der Waals surface area contributed by atoms with Crippen molar-refractivity contribution in [1.29, 1.82) is 0 Å². The van der Waals surface area contributed by atoms with Gasteiger partial charge in [-0.05, 0) is 31.7 Å². The number of piperidine rings is 1. The van der Waals surface area contributed by atoms with Crippen molar-refractivity contribution < 1.29 is 13.6 Å². The van der Waals surface area contributed by atoms with Crippen molar-refractivity contribution in [2.24, 2.45) is 5.92 Å². The number of amides is 1. The van der Waals surface area contributed by atoms with Gasteiger partial charge in [-0.1, -0.05) is 18.5 Å². The second-order valence-corrected chi connectivity index (χ2v) is 5.54. The van der Waals surface area contributed by atoms with Gasteiger partial charge in [-0.3, -0.25) is 4.79 Å². The van der Waals surface area contributed by atoms with Gasteiger partial charge in [0.15, 0.2) is 11.6 Å². The van der Waals surface area contributed by atoms with E-state index in [1.165, 1.54) is 13.0 Å². The smallest absolute Gasteiger partial charge is 0.256 e. The highest BCUT2D eigenvalue weighted by atomic mass is 35.5. The number of benzene rings is 1. The van der Waals surface area contributed by atoms with E-state index in [-0.39, 0.29) is 16.1 Å². The van der Waals surface area contributed by atoms with Crippen molar-refractivity contribution >= 4 is 17.5 Å². The molecular formula is C14H16ClF2NO. The minimum Gasteiger partial charge on any atom is -0.339 e. The number of likely N-dealkylation sites (tertiary alicyclic amines) is 1. The molecule has 0 unspecified atom stereocenters. The van der Waals surface area contributed by atoms with E-state index in [4.69, 9.17) is 11.6 Å². The third-order valence-corrected chi connectivity index (χ3v) is 4.08. The summed E-state index contributed by atoms with van der Waals surface area (Å²) in [6.07, 6.45) is 1.77. The molecule has 1 aliphatic rings. The zero-order valence-corrected chi connectivity index (χ0v) is 11.7. The first-order valence-corrected chi connectivity index (χ1v) is 6.73. The summed E-state index contributed by atoms with van der Waals surface area (Å²) in [5.74, 6) is -2.07. The average molecular weight is 288 g/mol. The zero-order valence-electron chi connectivity index (χ0n) is 11.0. The van der Waals surface area contributed by atoms with Crippen molar-refractivity contribution in [2.45, 2.75) is 26.7 Å². The Bertz CT molecular complexity index is 511. The molecule has 0 N–H and O–H groups in total. The lowest BCUT2D eigenvalue weighted by Crippen LogP contribution is -2.38. The molecule has 1 fully saturated rings. The summed E-state index contributed by atoms with van der Waals surface area (Å²) in [5, 5.41) is 0.0765. The maximum Gasteiger partial charge on any atom is 0.256 e. The monoisotopic (exact) mass is 287 g/mol. The van der Waals surface area contributed by atoms with E-state index in [0.29, 0.717) is 19.0 Å². The van der Waals surface area contributed by atoms with Crippen LogP contribution in [0.5, 0.6) is 0 Å². The van der Waals surface area contributed by atoms with Crippen LogP contribution in [0.1, 0.15) is 35.7 Å². The highest BCUT2D eigenvalue weighted by Gasteiger charge is 2.26. The van der Waals surface area contributed by atoms with Gasteiger partial charge in [0.05, 0.1) is 5.56 Å². The van der Waals surface area contributed by atoms with Crippen molar-refractivity contribution in [1.82, 2.24) is 4.90 Å². The molecule has 1 aromatic rings. The number of carbonyl (C=O) groups excluding carboxylic acids is 1. The SMILES string of the molecule is Cc1c(Cl)cc(C(=O)N2CCC(C)CC2)c(F)c1F. The Morgan fingerprint density at radius 1 is 1.32 bits per heavy atom. The molecule has 1 aromatic carbocycles. The Hall–Kier alpha value is -1.16. The topological polar surface area (TPSA) is 20.3 Å². The third kappa shape index (κ3) is 2.73. The van der Waals surface area contributed by atoms with Crippen LogP contribution in [0.4, 0.5) is 8.78 Å². The lowest BCUT2D eigenvalue weighted by atomic mass is 9.98. The molecule has 0 radical (unpaired) electrons. The van der Waals surface area contributed by atoms with Crippen LogP contribution in [0.2, 0.25) is 5.02 Å². The van der Waals surface area contributed by atoms with E-state index in [1.807, 2.05) is 0 Å². The number of carbonyl (C=O) groups is 1. The van der Waals surface area contributed by atoms with Gasteiger partial charge in [0.2, 0.25) is 0 Å². The van der Waals surface area contributed by atoms with Crippen molar-refractivity contribution in [3.8, 4) is 0 Å². The lowest BCUT2D eigenvalue weighted by Gasteiger charge is -2.30. The van der Waals surface area contributed by atoms with Gasteiger partial charge in [-0.25, -0.2) is 8.78 Å². The average Bonchev–Trinajstić information content (AvgIpc) is 2.40. The first-order chi connectivity index (χ1) is 8.91. The summed E-state index contributed by atoms with van der Waals surface area (Å²) < 4.78 is 27.5. The molecule has 1 aliphatic heterocycles. The Morgan fingerprint density at radius 3 is 2.47 bits per heavy atom. The normalized spacial score (nSPS) is 16.8. The summed E-state index contributed by atoms with van der Waals surface area (Å²) in [6.45, 7) is 4.65. The van der Waals surface area contributed by atoms with Crippen LogP contribution in [-0.4, -0.2) is 23.9 Å². The Labute approximate surface area is 116 Å². The molecule has 2 rings (SSSR count). The van der Waals surface area contributed by atoms with Crippen LogP contribution in [0, 0.1) is 24.5 Å². The first kappa shape index (κ1) is 14.3. The highest BCUT2D eigenvalue weighted by Crippen LogP contribution is 2.26. The Morgan fingerprint density at radius 2 is 1.89 bits per heavy atom. The minimum atomic E-state index is -1.11. The van der Waals surface area contributed by atoms with Gasteiger partial charge in [-0.2, -0.15) is 0 Å². The molecule has 104 valence electrons.